The van der Waals surface area contributed by atoms with Crippen molar-refractivity contribution in [1.82, 2.24) is 30.8 Å². The van der Waals surface area contributed by atoms with Crippen molar-refractivity contribution < 1.29 is 29.2 Å². The van der Waals surface area contributed by atoms with Crippen LogP contribution >= 0.6 is 0 Å². The highest BCUT2D eigenvalue weighted by Gasteiger charge is 2.39. The molecular weight excluding hydrogens is 608 g/mol. The molecule has 0 saturated carbocycles. The first kappa shape index (κ1) is 32.8. The number of non-ortho nitro benzene ring substituents is 1. The van der Waals surface area contributed by atoms with Crippen molar-refractivity contribution >= 4 is 29.1 Å². The van der Waals surface area contributed by atoms with Gasteiger partial charge in [0.25, 0.3) is 23.4 Å². The third-order valence-electron chi connectivity index (χ3n) is 7.78. The summed E-state index contributed by atoms with van der Waals surface area (Å²) in [6.45, 7) is 6.18. The molecule has 0 aliphatic carbocycles. The molecule has 2 heterocycles. The molecule has 0 spiro atoms. The molecule has 15 nitrogen and oxygen atoms in total. The molecule has 1 aliphatic heterocycles. The molecule has 3 aromatic carbocycles. The number of H-pyrrole nitrogens is 1. The first-order valence-electron chi connectivity index (χ1n) is 14.8. The molecule has 15 heteroatoms. The lowest BCUT2D eigenvalue weighted by Gasteiger charge is -2.33. The third-order valence-corrected chi connectivity index (χ3v) is 7.78. The summed E-state index contributed by atoms with van der Waals surface area (Å²) in [6, 6.07) is 17.4. The first-order valence-corrected chi connectivity index (χ1v) is 14.8. The van der Waals surface area contributed by atoms with Gasteiger partial charge in [0.05, 0.1) is 23.6 Å². The van der Waals surface area contributed by atoms with Gasteiger partial charge in [-0.05, 0) is 40.8 Å². The maximum absolute atomic E-state index is 13.7. The molecule has 0 bridgehead atoms. The lowest BCUT2D eigenvalue weighted by molar-refractivity contribution is -0.384. The molecule has 1 fully saturated rings. The Morgan fingerprint density at radius 1 is 1.09 bits per heavy atom. The van der Waals surface area contributed by atoms with E-state index in [0.717, 1.165) is 12.1 Å². The molecule has 5 rings (SSSR count). The van der Waals surface area contributed by atoms with Gasteiger partial charge in [0, 0.05) is 34.5 Å². The van der Waals surface area contributed by atoms with E-state index < -0.39 is 40.5 Å². The average Bonchev–Trinajstić information content (AvgIpc) is 3.78. The summed E-state index contributed by atoms with van der Waals surface area (Å²) in [5, 5.41) is 42.1. The fraction of sp³-hybridized carbons (Fsp3) is 0.312. The predicted octanol–water partition coefficient (Wildman–Crippen LogP) is 2.96. The average molecular weight is 643 g/mol. The van der Waals surface area contributed by atoms with Crippen LogP contribution in [0.15, 0.2) is 72.8 Å². The Balaban J connectivity index is 1.40. The van der Waals surface area contributed by atoms with E-state index in [1.165, 1.54) is 11.0 Å². The summed E-state index contributed by atoms with van der Waals surface area (Å²) < 4.78 is 5.54. The molecule has 4 N–H and O–H groups in total. The van der Waals surface area contributed by atoms with Gasteiger partial charge in [-0.1, -0.05) is 63.2 Å². The van der Waals surface area contributed by atoms with Gasteiger partial charge in [0.2, 0.25) is 5.82 Å². The van der Waals surface area contributed by atoms with Gasteiger partial charge in [0.1, 0.15) is 6.73 Å². The highest BCUT2D eigenvalue weighted by molar-refractivity contribution is 6.01. The molecule has 0 radical (unpaired) electrons. The van der Waals surface area contributed by atoms with Crippen LogP contribution < -0.4 is 10.6 Å². The van der Waals surface area contributed by atoms with Crippen LogP contribution in [0.3, 0.4) is 0 Å². The van der Waals surface area contributed by atoms with Gasteiger partial charge >= 0.3 is 0 Å². The van der Waals surface area contributed by atoms with Gasteiger partial charge in [-0.3, -0.25) is 24.5 Å². The second kappa shape index (κ2) is 13.8. The van der Waals surface area contributed by atoms with E-state index in [1.54, 1.807) is 54.6 Å². The number of rotatable bonds is 10. The summed E-state index contributed by atoms with van der Waals surface area (Å²) in [5.74, 6) is -1.85. The topological polar surface area (TPSA) is 206 Å². The number of anilines is 1. The van der Waals surface area contributed by atoms with Crippen LogP contribution in [0.25, 0.3) is 11.4 Å². The molecular formula is C32H34N8O7. The Hall–Kier alpha value is -5.54. The second-order valence-corrected chi connectivity index (χ2v) is 12.2. The number of aliphatic hydroxyl groups excluding tert-OH is 1. The van der Waals surface area contributed by atoms with Crippen molar-refractivity contribution in [2.75, 3.05) is 18.7 Å². The Morgan fingerprint density at radius 2 is 1.83 bits per heavy atom. The highest BCUT2D eigenvalue weighted by Crippen LogP contribution is 2.30. The van der Waals surface area contributed by atoms with Crippen LogP contribution in [0.4, 0.5) is 11.4 Å². The van der Waals surface area contributed by atoms with E-state index in [2.05, 4.69) is 31.3 Å². The highest BCUT2D eigenvalue weighted by atomic mass is 16.6. The minimum Gasteiger partial charge on any atom is -0.381 e. The van der Waals surface area contributed by atoms with Gasteiger partial charge in [-0.25, -0.2) is 0 Å². The van der Waals surface area contributed by atoms with Crippen molar-refractivity contribution in [3.8, 4) is 11.4 Å². The number of aromatic amines is 1. The van der Waals surface area contributed by atoms with Crippen molar-refractivity contribution in [2.24, 2.45) is 5.41 Å². The Kier molecular flexibility index (Phi) is 9.67. The molecule has 1 aromatic heterocycles. The molecule has 0 unspecified atom stereocenters. The number of tetrazole rings is 1. The predicted molar refractivity (Wildman–Crippen MR) is 169 cm³/mol. The number of amides is 3. The minimum absolute atomic E-state index is 0.00343. The number of carbonyl (C=O) groups excluding carboxylic acids is 3. The van der Waals surface area contributed by atoms with E-state index in [9.17, 15) is 29.6 Å². The lowest BCUT2D eigenvalue weighted by atomic mass is 9.86. The number of nitro benzene ring substituents is 1. The standard InChI is InChI=1S/C32H34N8O7/c1-32(2,3)26-17-47-18-39(26)31(44)22-13-21(15-24(16-22)40(45)46)29(42)34-25(12-19-8-5-4-6-9-19)27(41)30(43)33-23-11-7-10-20(14-23)28-35-37-38-36-28/h4-11,13-16,25-27,41H,12,17-18H2,1-3H3,(H,33,43)(H,34,42)(H,35,36,37,38)/t25-,26+,27-/m0/s1. The summed E-state index contributed by atoms with van der Waals surface area (Å²) in [6.07, 6.45) is -1.70. The molecule has 244 valence electrons. The lowest BCUT2D eigenvalue weighted by Crippen LogP contribution is -2.50. The number of nitro groups is 1. The summed E-state index contributed by atoms with van der Waals surface area (Å²) in [4.78, 5) is 53.2. The number of hydrogen-bond acceptors (Lipinski definition) is 10. The molecule has 1 aliphatic rings. The van der Waals surface area contributed by atoms with E-state index in [1.807, 2.05) is 20.8 Å². The van der Waals surface area contributed by atoms with Crippen LogP contribution in [-0.2, 0) is 16.0 Å². The zero-order valence-electron chi connectivity index (χ0n) is 25.9. The molecule has 3 atom stereocenters. The number of benzene rings is 3. The van der Waals surface area contributed by atoms with Crippen LogP contribution in [0, 0.1) is 15.5 Å². The number of hydrogen-bond donors (Lipinski definition) is 4. The number of carbonyl (C=O) groups is 3. The van der Waals surface area contributed by atoms with E-state index in [4.69, 9.17) is 4.74 Å². The fourth-order valence-corrected chi connectivity index (χ4v) is 5.28. The SMILES string of the molecule is CC(C)(C)[C@H]1COCN1C(=O)c1cc(C(=O)N[C@@H](Cc2ccccc2)[C@H](O)C(=O)Nc2cccc(-c3nn[nH]n3)c2)cc([N+](=O)[O-])c1. The fourth-order valence-electron chi connectivity index (χ4n) is 5.28. The Labute approximate surface area is 269 Å². The third kappa shape index (κ3) is 7.82. The summed E-state index contributed by atoms with van der Waals surface area (Å²) >= 11 is 0. The molecule has 3 amide bonds. The minimum atomic E-state index is -1.75. The van der Waals surface area contributed by atoms with Crippen molar-refractivity contribution in [3.63, 3.8) is 0 Å². The normalized spacial score (nSPS) is 15.9. The molecule has 1 saturated heterocycles. The number of nitrogens with zero attached hydrogens (tertiary/aromatic N) is 5. The number of ether oxygens (including phenoxy) is 1. The monoisotopic (exact) mass is 642 g/mol. The van der Waals surface area contributed by atoms with Crippen LogP contribution in [0.2, 0.25) is 0 Å². The summed E-state index contributed by atoms with van der Waals surface area (Å²) in [5.41, 5.74) is 0.557. The van der Waals surface area contributed by atoms with Crippen LogP contribution in [0.1, 0.15) is 47.1 Å². The Morgan fingerprint density at radius 3 is 2.51 bits per heavy atom. The van der Waals surface area contributed by atoms with Gasteiger partial charge in [-0.2, -0.15) is 5.21 Å². The Bertz CT molecular complexity index is 1760. The van der Waals surface area contributed by atoms with E-state index in [-0.39, 0.29) is 35.7 Å². The van der Waals surface area contributed by atoms with Crippen molar-refractivity contribution in [1.29, 1.82) is 0 Å². The first-order chi connectivity index (χ1) is 22.4. The van der Waals surface area contributed by atoms with Gasteiger partial charge < -0.3 is 25.4 Å². The number of nitrogens with one attached hydrogen (secondary N) is 3. The zero-order valence-corrected chi connectivity index (χ0v) is 25.9. The molecule has 4 aromatic rings. The van der Waals surface area contributed by atoms with Crippen molar-refractivity contribution in [2.45, 2.75) is 45.4 Å². The number of aromatic nitrogens is 4. The zero-order chi connectivity index (χ0) is 33.7. The van der Waals surface area contributed by atoms with Crippen molar-refractivity contribution in [3.05, 3.63) is 99.6 Å². The van der Waals surface area contributed by atoms with E-state index >= 15 is 0 Å². The van der Waals surface area contributed by atoms with Crippen LogP contribution in [0.5, 0.6) is 0 Å². The second-order valence-electron chi connectivity index (χ2n) is 12.2. The van der Waals surface area contributed by atoms with Gasteiger partial charge in [-0.15, -0.1) is 10.2 Å². The quantitative estimate of drug-likeness (QED) is 0.147. The van der Waals surface area contributed by atoms with E-state index in [0.29, 0.717) is 29.2 Å². The molecule has 47 heavy (non-hydrogen) atoms. The largest absolute Gasteiger partial charge is 0.381 e. The summed E-state index contributed by atoms with van der Waals surface area (Å²) in [7, 11) is 0. The number of aliphatic hydroxyl groups is 1. The van der Waals surface area contributed by atoms with Crippen LogP contribution in [-0.4, -0.2) is 84.8 Å². The smallest absolute Gasteiger partial charge is 0.271 e. The maximum atomic E-state index is 13.7. The maximum Gasteiger partial charge on any atom is 0.271 e. The van der Waals surface area contributed by atoms with Gasteiger partial charge in [0.15, 0.2) is 6.10 Å².